The van der Waals surface area contributed by atoms with Gasteiger partial charge in [0, 0.05) is 5.56 Å². The average molecular weight is 410 g/mol. The van der Waals surface area contributed by atoms with E-state index in [1.54, 1.807) is 13.2 Å². The van der Waals surface area contributed by atoms with Crippen molar-refractivity contribution in [2.24, 2.45) is 5.10 Å². The first-order valence-corrected chi connectivity index (χ1v) is 9.88. The van der Waals surface area contributed by atoms with Crippen LogP contribution in [0.1, 0.15) is 11.1 Å². The largest absolute Gasteiger partial charge is 0.493 e. The van der Waals surface area contributed by atoms with E-state index in [9.17, 15) is 4.79 Å². The lowest BCUT2D eigenvalue weighted by Crippen LogP contribution is -2.21. The van der Waals surface area contributed by atoms with E-state index in [4.69, 9.17) is 9.47 Å². The predicted octanol–water partition coefficient (Wildman–Crippen LogP) is 5.09. The Hall–Kier alpha value is -4.12. The molecule has 0 radical (unpaired) electrons. The van der Waals surface area contributed by atoms with Crippen molar-refractivity contribution >= 4 is 23.4 Å². The first-order chi connectivity index (χ1) is 15.2. The van der Waals surface area contributed by atoms with Crippen LogP contribution in [0, 0.1) is 0 Å². The molecular weight excluding hydrogens is 388 g/mol. The number of amides is 1. The number of carbonyl (C=O) groups excluding carboxylic acids is 1. The molecule has 0 aliphatic carbocycles. The van der Waals surface area contributed by atoms with Gasteiger partial charge in [0.1, 0.15) is 12.3 Å². The summed E-state index contributed by atoms with van der Waals surface area (Å²) in [5, 5.41) is 6.09. The second-order valence-corrected chi connectivity index (χ2v) is 6.84. The third-order valence-electron chi connectivity index (χ3n) is 4.78. The number of hydrogen-bond acceptors (Lipinski definition) is 4. The Labute approximate surface area is 181 Å². The molecule has 1 aliphatic rings. The maximum absolute atomic E-state index is 13.3. The first kappa shape index (κ1) is 20.2. The fraction of sp³-hybridized carbons (Fsp3) is 0.0769. The Morgan fingerprint density at radius 2 is 1.68 bits per heavy atom. The van der Waals surface area contributed by atoms with Gasteiger partial charge in [-0.3, -0.25) is 4.79 Å². The number of hydrogen-bond donors (Lipinski definition) is 0. The van der Waals surface area contributed by atoms with E-state index < -0.39 is 0 Å². The molecule has 0 atom stereocenters. The van der Waals surface area contributed by atoms with Gasteiger partial charge in [0.05, 0.1) is 18.4 Å². The van der Waals surface area contributed by atoms with Gasteiger partial charge < -0.3 is 9.47 Å². The summed E-state index contributed by atoms with van der Waals surface area (Å²) in [7, 11) is 1.59. The SMILES string of the molecule is C=CCOc1ccc(C=C2C(=O)N(c3ccccc3)N=C2c2ccccc2)cc1OC. The Balaban J connectivity index is 1.76. The number of anilines is 1. The number of carbonyl (C=O) groups is 1. The third kappa shape index (κ3) is 4.26. The molecule has 1 aliphatic heterocycles. The number of ether oxygens (including phenoxy) is 2. The molecular formula is C26H22N2O3. The van der Waals surface area contributed by atoms with Crippen molar-refractivity contribution < 1.29 is 14.3 Å². The summed E-state index contributed by atoms with van der Waals surface area (Å²) in [4.78, 5) is 13.3. The Morgan fingerprint density at radius 1 is 0.968 bits per heavy atom. The molecule has 5 heteroatoms. The monoisotopic (exact) mass is 410 g/mol. The molecule has 0 saturated carbocycles. The van der Waals surface area contributed by atoms with E-state index in [1.807, 2.05) is 84.9 Å². The zero-order valence-corrected chi connectivity index (χ0v) is 17.2. The Kier molecular flexibility index (Phi) is 5.94. The molecule has 3 aromatic carbocycles. The van der Waals surface area contributed by atoms with Crippen LogP contribution in [-0.2, 0) is 4.79 Å². The predicted molar refractivity (Wildman–Crippen MR) is 124 cm³/mol. The molecule has 1 amide bonds. The Morgan fingerprint density at radius 3 is 2.35 bits per heavy atom. The van der Waals surface area contributed by atoms with E-state index in [0.29, 0.717) is 29.4 Å². The summed E-state index contributed by atoms with van der Waals surface area (Å²) in [6, 6.07) is 24.6. The van der Waals surface area contributed by atoms with Crippen molar-refractivity contribution in [1.29, 1.82) is 0 Å². The molecule has 31 heavy (non-hydrogen) atoms. The topological polar surface area (TPSA) is 51.1 Å². The zero-order chi connectivity index (χ0) is 21.6. The van der Waals surface area contributed by atoms with Gasteiger partial charge in [-0.05, 0) is 35.9 Å². The van der Waals surface area contributed by atoms with Crippen molar-refractivity contribution in [2.45, 2.75) is 0 Å². The molecule has 0 fully saturated rings. The molecule has 5 nitrogen and oxygen atoms in total. The summed E-state index contributed by atoms with van der Waals surface area (Å²) >= 11 is 0. The fourth-order valence-corrected chi connectivity index (χ4v) is 3.31. The molecule has 0 bridgehead atoms. The molecule has 0 saturated heterocycles. The number of hydrazone groups is 1. The highest BCUT2D eigenvalue weighted by Crippen LogP contribution is 2.31. The van der Waals surface area contributed by atoms with Gasteiger partial charge in [0.25, 0.3) is 5.91 Å². The lowest BCUT2D eigenvalue weighted by Gasteiger charge is -2.11. The number of methoxy groups -OCH3 is 1. The van der Waals surface area contributed by atoms with Gasteiger partial charge in [0.15, 0.2) is 11.5 Å². The van der Waals surface area contributed by atoms with Crippen LogP contribution in [0.4, 0.5) is 5.69 Å². The molecule has 154 valence electrons. The number of rotatable bonds is 7. The van der Waals surface area contributed by atoms with Crippen LogP contribution in [0.15, 0.2) is 102 Å². The number of benzene rings is 3. The van der Waals surface area contributed by atoms with Gasteiger partial charge in [-0.15, -0.1) is 0 Å². The molecule has 1 heterocycles. The van der Waals surface area contributed by atoms with Gasteiger partial charge >= 0.3 is 0 Å². The molecule has 0 aromatic heterocycles. The summed E-state index contributed by atoms with van der Waals surface area (Å²) in [6.45, 7) is 4.05. The smallest absolute Gasteiger partial charge is 0.281 e. The molecule has 4 rings (SSSR count). The van der Waals surface area contributed by atoms with Crippen LogP contribution in [-0.4, -0.2) is 25.3 Å². The lowest BCUT2D eigenvalue weighted by atomic mass is 10.00. The highest BCUT2D eigenvalue weighted by atomic mass is 16.5. The van der Waals surface area contributed by atoms with Gasteiger partial charge in [0.2, 0.25) is 0 Å². The molecule has 3 aromatic rings. The van der Waals surface area contributed by atoms with Crippen molar-refractivity contribution in [3.63, 3.8) is 0 Å². The second-order valence-electron chi connectivity index (χ2n) is 6.84. The first-order valence-electron chi connectivity index (χ1n) is 9.88. The summed E-state index contributed by atoms with van der Waals surface area (Å²) < 4.78 is 11.1. The quantitative estimate of drug-likeness (QED) is 0.402. The van der Waals surface area contributed by atoms with E-state index in [2.05, 4.69) is 11.7 Å². The van der Waals surface area contributed by atoms with E-state index in [0.717, 1.165) is 16.8 Å². The zero-order valence-electron chi connectivity index (χ0n) is 17.2. The normalized spacial score (nSPS) is 14.5. The van der Waals surface area contributed by atoms with Gasteiger partial charge in [-0.2, -0.15) is 10.1 Å². The highest BCUT2D eigenvalue weighted by Gasteiger charge is 2.32. The van der Waals surface area contributed by atoms with Crippen LogP contribution in [0.3, 0.4) is 0 Å². The number of para-hydroxylation sites is 1. The van der Waals surface area contributed by atoms with Gasteiger partial charge in [-0.25, -0.2) is 0 Å². The minimum Gasteiger partial charge on any atom is -0.493 e. The fourth-order valence-electron chi connectivity index (χ4n) is 3.31. The van der Waals surface area contributed by atoms with Crippen molar-refractivity contribution in [3.05, 3.63) is 108 Å². The third-order valence-corrected chi connectivity index (χ3v) is 4.78. The van der Waals surface area contributed by atoms with Crippen LogP contribution in [0.5, 0.6) is 11.5 Å². The van der Waals surface area contributed by atoms with Crippen LogP contribution in [0.25, 0.3) is 6.08 Å². The highest BCUT2D eigenvalue weighted by molar-refractivity contribution is 6.37. The molecule has 0 N–H and O–H groups in total. The van der Waals surface area contributed by atoms with Crippen LogP contribution < -0.4 is 14.5 Å². The average Bonchev–Trinajstić information content (AvgIpc) is 3.15. The maximum Gasteiger partial charge on any atom is 0.281 e. The molecule has 0 unspecified atom stereocenters. The van der Waals surface area contributed by atoms with E-state index in [1.165, 1.54) is 5.01 Å². The summed E-state index contributed by atoms with van der Waals surface area (Å²) in [5.41, 5.74) is 3.54. The lowest BCUT2D eigenvalue weighted by molar-refractivity contribution is -0.114. The summed E-state index contributed by atoms with van der Waals surface area (Å²) in [5.74, 6) is 1.01. The second kappa shape index (κ2) is 9.13. The van der Waals surface area contributed by atoms with Crippen molar-refractivity contribution in [3.8, 4) is 11.5 Å². The van der Waals surface area contributed by atoms with Crippen LogP contribution >= 0.6 is 0 Å². The summed E-state index contributed by atoms with van der Waals surface area (Å²) in [6.07, 6.45) is 3.50. The molecule has 0 spiro atoms. The van der Waals surface area contributed by atoms with E-state index in [-0.39, 0.29) is 5.91 Å². The standard InChI is InChI=1S/C26H22N2O3/c1-3-16-31-23-15-14-19(18-24(23)30-2)17-22-25(20-10-6-4-7-11-20)27-28(26(22)29)21-12-8-5-9-13-21/h3-15,17-18H,1,16H2,2H3. The maximum atomic E-state index is 13.3. The minimum absolute atomic E-state index is 0.184. The number of nitrogens with zero attached hydrogens (tertiary/aromatic N) is 2. The van der Waals surface area contributed by atoms with E-state index >= 15 is 0 Å². The Bertz CT molecular complexity index is 1150. The van der Waals surface area contributed by atoms with Crippen molar-refractivity contribution in [1.82, 2.24) is 0 Å². The van der Waals surface area contributed by atoms with Crippen LogP contribution in [0.2, 0.25) is 0 Å². The van der Waals surface area contributed by atoms with Gasteiger partial charge in [-0.1, -0.05) is 67.3 Å². The minimum atomic E-state index is -0.184. The van der Waals surface area contributed by atoms with Crippen molar-refractivity contribution in [2.75, 3.05) is 18.7 Å².